The van der Waals surface area contributed by atoms with Crippen LogP contribution in [0.4, 0.5) is 4.79 Å². The lowest BCUT2D eigenvalue weighted by molar-refractivity contribution is 0.0668. The summed E-state index contributed by atoms with van der Waals surface area (Å²) in [6.45, 7) is 2.06. The Bertz CT molecular complexity index is 999. The van der Waals surface area contributed by atoms with Gasteiger partial charge in [-0.25, -0.2) is 4.79 Å². The van der Waals surface area contributed by atoms with Crippen LogP contribution in [-0.4, -0.2) is 36.5 Å². The fourth-order valence-corrected chi connectivity index (χ4v) is 3.21. The Morgan fingerprint density at radius 2 is 1.76 bits per heavy atom. The third-order valence-corrected chi connectivity index (χ3v) is 4.77. The van der Waals surface area contributed by atoms with E-state index >= 15 is 0 Å². The summed E-state index contributed by atoms with van der Waals surface area (Å²) in [7, 11) is 4.34. The van der Waals surface area contributed by atoms with E-state index in [0.29, 0.717) is 22.6 Å². The largest absolute Gasteiger partial charge is 0.508 e. The molecule has 0 atom stereocenters. The van der Waals surface area contributed by atoms with Gasteiger partial charge in [0.2, 0.25) is 11.6 Å². The summed E-state index contributed by atoms with van der Waals surface area (Å²) in [5, 5.41) is 0. The molecule has 8 heteroatoms. The van der Waals surface area contributed by atoms with E-state index < -0.39 is 6.16 Å². The Morgan fingerprint density at radius 1 is 1.07 bits per heavy atom. The van der Waals surface area contributed by atoms with E-state index in [2.05, 4.69) is 4.74 Å². The molecular weight excluding hydrogens is 378 g/mol. The van der Waals surface area contributed by atoms with Gasteiger partial charge in [-0.1, -0.05) is 12.1 Å². The van der Waals surface area contributed by atoms with Crippen LogP contribution < -0.4 is 4.74 Å². The summed E-state index contributed by atoms with van der Waals surface area (Å²) in [5.41, 5.74) is 2.88. The number of nitrogens with zero attached hydrogens (tertiary/aromatic N) is 1. The summed E-state index contributed by atoms with van der Waals surface area (Å²) in [6.07, 6.45) is 0.466. The first-order chi connectivity index (χ1) is 13.9. The number of methoxy groups -OCH3 is 2. The molecule has 152 valence electrons. The van der Waals surface area contributed by atoms with Crippen molar-refractivity contribution in [2.24, 2.45) is 7.05 Å². The maximum Gasteiger partial charge on any atom is 0.508 e. The number of carbonyl (C=O) groups is 3. The zero-order chi connectivity index (χ0) is 21.1. The van der Waals surface area contributed by atoms with Crippen molar-refractivity contribution in [1.82, 2.24) is 4.57 Å². The van der Waals surface area contributed by atoms with Crippen molar-refractivity contribution in [3.8, 4) is 5.75 Å². The molecular formula is C21H21NO7. The Balaban J connectivity index is 1.74. The third kappa shape index (κ3) is 3.87. The SMILES string of the molecule is COC(=O)OCc1ccc(OCc2c(C)c3c(n2C)C(=O)C=C(OC)C3=O)cc1. The maximum atomic E-state index is 12.6. The highest BCUT2D eigenvalue weighted by Crippen LogP contribution is 2.30. The molecule has 0 amide bonds. The highest BCUT2D eigenvalue weighted by Gasteiger charge is 2.33. The minimum Gasteiger partial charge on any atom is -0.492 e. The smallest absolute Gasteiger partial charge is 0.492 e. The van der Waals surface area contributed by atoms with Crippen LogP contribution in [0.1, 0.15) is 37.7 Å². The summed E-state index contributed by atoms with van der Waals surface area (Å²) in [6, 6.07) is 7.02. The van der Waals surface area contributed by atoms with Gasteiger partial charge in [0.05, 0.1) is 25.5 Å². The van der Waals surface area contributed by atoms with Gasteiger partial charge in [0.1, 0.15) is 24.7 Å². The molecule has 1 aromatic carbocycles. The van der Waals surface area contributed by atoms with Crippen molar-refractivity contribution in [2.45, 2.75) is 20.1 Å². The second-order valence-corrected chi connectivity index (χ2v) is 6.44. The van der Waals surface area contributed by atoms with Crippen LogP contribution in [0.5, 0.6) is 5.75 Å². The second-order valence-electron chi connectivity index (χ2n) is 6.44. The number of ether oxygens (including phenoxy) is 4. The first kappa shape index (κ1) is 20.2. The molecule has 2 aromatic rings. The maximum absolute atomic E-state index is 12.6. The fraction of sp³-hybridized carbons (Fsp3) is 0.286. The first-order valence-electron chi connectivity index (χ1n) is 8.82. The summed E-state index contributed by atoms with van der Waals surface area (Å²) in [5.74, 6) is 0.0480. The summed E-state index contributed by atoms with van der Waals surface area (Å²) in [4.78, 5) is 36.0. The number of rotatable bonds is 6. The van der Waals surface area contributed by atoms with Crippen molar-refractivity contribution in [2.75, 3.05) is 14.2 Å². The minimum absolute atomic E-state index is 0.0356. The van der Waals surface area contributed by atoms with E-state index in [1.165, 1.54) is 20.3 Å². The van der Waals surface area contributed by atoms with Gasteiger partial charge in [0.25, 0.3) is 0 Å². The monoisotopic (exact) mass is 399 g/mol. The van der Waals surface area contributed by atoms with Crippen LogP contribution in [0, 0.1) is 6.92 Å². The summed E-state index contributed by atoms with van der Waals surface area (Å²) >= 11 is 0. The van der Waals surface area contributed by atoms with Gasteiger partial charge < -0.3 is 23.5 Å². The standard InChI is InChI=1S/C21H21NO7/c1-12-15(22(2)19-16(23)9-17(26-3)20(24)18(12)19)11-28-14-7-5-13(6-8-14)10-29-21(25)27-4/h5-9H,10-11H2,1-4H3. The number of benzene rings is 1. The summed E-state index contributed by atoms with van der Waals surface area (Å²) < 4.78 is 21.8. The van der Waals surface area contributed by atoms with Crippen LogP contribution in [0.15, 0.2) is 36.1 Å². The molecule has 0 N–H and O–H groups in total. The quantitative estimate of drug-likeness (QED) is 0.689. The highest BCUT2D eigenvalue weighted by atomic mass is 16.7. The molecule has 0 radical (unpaired) electrons. The molecule has 1 aromatic heterocycles. The number of carbonyl (C=O) groups excluding carboxylic acids is 3. The van der Waals surface area contributed by atoms with Gasteiger partial charge in [0.15, 0.2) is 5.76 Å². The molecule has 0 bridgehead atoms. The molecule has 0 spiro atoms. The van der Waals surface area contributed by atoms with Crippen molar-refractivity contribution in [1.29, 1.82) is 0 Å². The van der Waals surface area contributed by atoms with Crippen molar-refractivity contribution >= 4 is 17.7 Å². The van der Waals surface area contributed by atoms with Crippen LogP contribution in [0.3, 0.4) is 0 Å². The average Bonchev–Trinajstić information content (AvgIpc) is 2.98. The lowest BCUT2D eigenvalue weighted by Gasteiger charge is -2.12. The Hall–Kier alpha value is -3.55. The van der Waals surface area contributed by atoms with Crippen LogP contribution >= 0.6 is 0 Å². The molecule has 1 heterocycles. The molecule has 3 rings (SSSR count). The molecule has 0 unspecified atom stereocenters. The number of allylic oxidation sites excluding steroid dienone is 2. The molecule has 0 aliphatic heterocycles. The zero-order valence-corrected chi connectivity index (χ0v) is 16.6. The van der Waals surface area contributed by atoms with Gasteiger partial charge in [-0.3, -0.25) is 9.59 Å². The number of Topliss-reactive ketones (excluding diaryl/α,β-unsaturated/α-hetero) is 1. The predicted octanol–water partition coefficient (Wildman–Crippen LogP) is 3.10. The zero-order valence-electron chi connectivity index (χ0n) is 16.6. The van der Waals surface area contributed by atoms with Crippen molar-refractivity contribution in [3.63, 3.8) is 0 Å². The van der Waals surface area contributed by atoms with Gasteiger partial charge in [0, 0.05) is 13.1 Å². The van der Waals surface area contributed by atoms with Gasteiger partial charge >= 0.3 is 6.16 Å². The van der Waals surface area contributed by atoms with E-state index in [4.69, 9.17) is 14.2 Å². The number of hydrogen-bond acceptors (Lipinski definition) is 7. The van der Waals surface area contributed by atoms with Crippen LogP contribution in [-0.2, 0) is 34.5 Å². The van der Waals surface area contributed by atoms with Crippen LogP contribution in [0.25, 0.3) is 0 Å². The number of hydrogen-bond donors (Lipinski definition) is 0. The van der Waals surface area contributed by atoms with Gasteiger partial charge in [-0.15, -0.1) is 0 Å². The number of aromatic nitrogens is 1. The van der Waals surface area contributed by atoms with Gasteiger partial charge in [-0.2, -0.15) is 0 Å². The fourth-order valence-electron chi connectivity index (χ4n) is 3.21. The topological polar surface area (TPSA) is 93.1 Å². The molecule has 0 saturated carbocycles. The lowest BCUT2D eigenvalue weighted by atomic mass is 9.97. The molecule has 0 fully saturated rings. The van der Waals surface area contributed by atoms with E-state index in [1.807, 2.05) is 0 Å². The van der Waals surface area contributed by atoms with E-state index in [-0.39, 0.29) is 30.5 Å². The third-order valence-electron chi connectivity index (χ3n) is 4.77. The van der Waals surface area contributed by atoms with Crippen molar-refractivity contribution in [3.05, 3.63) is 64.2 Å². The van der Waals surface area contributed by atoms with Crippen molar-refractivity contribution < 1.29 is 33.3 Å². The molecule has 1 aliphatic carbocycles. The Labute approximate surface area is 167 Å². The second kappa shape index (κ2) is 8.22. The molecule has 29 heavy (non-hydrogen) atoms. The molecule has 8 nitrogen and oxygen atoms in total. The van der Waals surface area contributed by atoms with E-state index in [1.54, 1.807) is 42.8 Å². The molecule has 0 saturated heterocycles. The number of fused-ring (bicyclic) bond motifs is 1. The van der Waals surface area contributed by atoms with E-state index in [0.717, 1.165) is 11.3 Å². The molecule has 1 aliphatic rings. The van der Waals surface area contributed by atoms with Crippen LogP contribution in [0.2, 0.25) is 0 Å². The lowest BCUT2D eigenvalue weighted by Crippen LogP contribution is -2.19. The normalized spacial score (nSPS) is 12.9. The van der Waals surface area contributed by atoms with Gasteiger partial charge in [-0.05, 0) is 30.2 Å². The predicted molar refractivity (Wildman–Crippen MR) is 102 cm³/mol. The average molecular weight is 399 g/mol. The minimum atomic E-state index is -0.747. The Morgan fingerprint density at radius 3 is 2.38 bits per heavy atom. The first-order valence-corrected chi connectivity index (χ1v) is 8.82. The Kier molecular flexibility index (Phi) is 5.72. The number of ketones is 2. The van der Waals surface area contributed by atoms with E-state index in [9.17, 15) is 14.4 Å². The highest BCUT2D eigenvalue weighted by molar-refractivity contribution is 6.24.